The number of halogens is 2. The fraction of sp³-hybridized carbons (Fsp3) is 0.400. The van der Waals surface area contributed by atoms with Crippen molar-refractivity contribution in [1.29, 1.82) is 0 Å². The van der Waals surface area contributed by atoms with Gasteiger partial charge in [0.25, 0.3) is 0 Å². The summed E-state index contributed by atoms with van der Waals surface area (Å²) in [7, 11) is 1.52. The lowest BCUT2D eigenvalue weighted by molar-refractivity contribution is 0.210. The van der Waals surface area contributed by atoms with Crippen molar-refractivity contribution >= 4 is 5.69 Å². The molecule has 0 amide bonds. The van der Waals surface area contributed by atoms with E-state index in [1.165, 1.54) is 19.2 Å². The van der Waals surface area contributed by atoms with Gasteiger partial charge in [0.15, 0.2) is 5.82 Å². The smallest absolute Gasteiger partial charge is 0.153 e. The molecule has 0 aromatic heterocycles. The summed E-state index contributed by atoms with van der Waals surface area (Å²) in [6.07, 6.45) is 0. The minimum absolute atomic E-state index is 0.0467. The topological polar surface area (TPSA) is 47.3 Å². The highest BCUT2D eigenvalue weighted by molar-refractivity contribution is 5.49. The molecule has 0 radical (unpaired) electrons. The van der Waals surface area contributed by atoms with Crippen molar-refractivity contribution in [1.82, 2.24) is 0 Å². The highest BCUT2D eigenvalue weighted by Crippen LogP contribution is 2.21. The molecular formula is C10H14F2N2O. The summed E-state index contributed by atoms with van der Waals surface area (Å²) in [5.74, 6) is -1.26. The van der Waals surface area contributed by atoms with E-state index in [9.17, 15) is 8.78 Å². The molecule has 3 nitrogen and oxygen atoms in total. The molecule has 3 N–H and O–H groups in total. The first kappa shape index (κ1) is 11.9. The first-order valence-corrected chi connectivity index (χ1v) is 4.60. The van der Waals surface area contributed by atoms with Crippen molar-refractivity contribution in [3.63, 3.8) is 0 Å². The van der Waals surface area contributed by atoms with E-state index in [2.05, 4.69) is 5.32 Å². The summed E-state index contributed by atoms with van der Waals surface area (Å²) in [6.45, 7) is 0.773. The van der Waals surface area contributed by atoms with E-state index >= 15 is 0 Å². The Hall–Kier alpha value is -1.20. The standard InChI is InChI=1S/C10H14F2N2O/c1-15-5-4-14-10-8(11)3-2-7(6-13)9(10)12/h2-3,14H,4-6,13H2,1H3. The molecule has 0 spiro atoms. The number of anilines is 1. The number of nitrogens with one attached hydrogen (secondary N) is 1. The van der Waals surface area contributed by atoms with E-state index in [4.69, 9.17) is 10.5 Å². The second-order valence-electron chi connectivity index (χ2n) is 3.02. The van der Waals surface area contributed by atoms with Gasteiger partial charge in [0.05, 0.1) is 6.61 Å². The second-order valence-corrected chi connectivity index (χ2v) is 3.02. The predicted molar refractivity (Wildman–Crippen MR) is 54.6 cm³/mol. The number of hydrogen-bond donors (Lipinski definition) is 2. The molecule has 84 valence electrons. The molecule has 0 fully saturated rings. The lowest BCUT2D eigenvalue weighted by atomic mass is 10.1. The van der Waals surface area contributed by atoms with Gasteiger partial charge in [-0.1, -0.05) is 6.07 Å². The summed E-state index contributed by atoms with van der Waals surface area (Å²) in [4.78, 5) is 0. The number of hydrogen-bond acceptors (Lipinski definition) is 3. The maximum Gasteiger partial charge on any atom is 0.153 e. The highest BCUT2D eigenvalue weighted by Gasteiger charge is 2.11. The van der Waals surface area contributed by atoms with Gasteiger partial charge < -0.3 is 15.8 Å². The monoisotopic (exact) mass is 216 g/mol. The Labute approximate surface area is 87.2 Å². The SMILES string of the molecule is COCCNc1c(F)ccc(CN)c1F. The Kier molecular flexibility index (Phi) is 4.45. The molecule has 0 bridgehead atoms. The molecule has 0 heterocycles. The lowest BCUT2D eigenvalue weighted by Gasteiger charge is -2.10. The van der Waals surface area contributed by atoms with Gasteiger partial charge in [0.1, 0.15) is 11.5 Å². The van der Waals surface area contributed by atoms with Gasteiger partial charge in [-0.15, -0.1) is 0 Å². The number of rotatable bonds is 5. The molecule has 0 unspecified atom stereocenters. The summed E-state index contributed by atoms with van der Waals surface area (Å²) < 4.78 is 31.5. The summed E-state index contributed by atoms with van der Waals surface area (Å²) in [5, 5.41) is 2.63. The zero-order valence-corrected chi connectivity index (χ0v) is 8.52. The van der Waals surface area contributed by atoms with Crippen LogP contribution in [0.2, 0.25) is 0 Å². The molecule has 0 atom stereocenters. The molecule has 15 heavy (non-hydrogen) atoms. The highest BCUT2D eigenvalue weighted by atomic mass is 19.1. The fourth-order valence-electron chi connectivity index (χ4n) is 1.19. The minimum Gasteiger partial charge on any atom is -0.383 e. The predicted octanol–water partition coefficient (Wildman–Crippen LogP) is 1.48. The summed E-state index contributed by atoms with van der Waals surface area (Å²) in [6, 6.07) is 2.53. The summed E-state index contributed by atoms with van der Waals surface area (Å²) >= 11 is 0. The van der Waals surface area contributed by atoms with Crippen molar-refractivity contribution in [2.45, 2.75) is 6.54 Å². The Morgan fingerprint density at radius 2 is 2.13 bits per heavy atom. The third-order valence-electron chi connectivity index (χ3n) is 2.00. The quantitative estimate of drug-likeness (QED) is 0.733. The lowest BCUT2D eigenvalue weighted by Crippen LogP contribution is -2.12. The average Bonchev–Trinajstić information content (AvgIpc) is 2.23. The van der Waals surface area contributed by atoms with Crippen molar-refractivity contribution in [2.75, 3.05) is 25.6 Å². The molecular weight excluding hydrogens is 202 g/mol. The molecule has 1 rings (SSSR count). The van der Waals surface area contributed by atoms with Crippen LogP contribution >= 0.6 is 0 Å². The molecule has 0 saturated heterocycles. The fourth-order valence-corrected chi connectivity index (χ4v) is 1.19. The largest absolute Gasteiger partial charge is 0.383 e. The maximum absolute atomic E-state index is 13.5. The van der Waals surface area contributed by atoms with Gasteiger partial charge in [-0.05, 0) is 6.07 Å². The Balaban J connectivity index is 2.84. The average molecular weight is 216 g/mol. The van der Waals surface area contributed by atoms with Crippen LogP contribution in [0.1, 0.15) is 5.56 Å². The summed E-state index contributed by atoms with van der Waals surface area (Å²) in [5.41, 5.74) is 5.45. The molecule has 0 aliphatic rings. The molecule has 0 aliphatic carbocycles. The number of nitrogens with two attached hydrogens (primary N) is 1. The Morgan fingerprint density at radius 3 is 2.73 bits per heavy atom. The van der Waals surface area contributed by atoms with Gasteiger partial charge >= 0.3 is 0 Å². The molecule has 1 aromatic rings. The van der Waals surface area contributed by atoms with Crippen molar-refractivity contribution in [3.8, 4) is 0 Å². The van der Waals surface area contributed by atoms with Crippen molar-refractivity contribution in [3.05, 3.63) is 29.3 Å². The van der Waals surface area contributed by atoms with E-state index in [1.54, 1.807) is 0 Å². The third-order valence-corrected chi connectivity index (χ3v) is 2.00. The first-order chi connectivity index (χ1) is 7.20. The zero-order chi connectivity index (χ0) is 11.3. The molecule has 0 saturated carbocycles. The third kappa shape index (κ3) is 2.87. The van der Waals surface area contributed by atoms with Gasteiger partial charge in [-0.25, -0.2) is 8.78 Å². The Morgan fingerprint density at radius 1 is 1.40 bits per heavy atom. The van der Waals surface area contributed by atoms with Crippen LogP contribution in [0.3, 0.4) is 0 Å². The molecule has 5 heteroatoms. The van der Waals surface area contributed by atoms with Crippen molar-refractivity contribution in [2.24, 2.45) is 5.73 Å². The van der Waals surface area contributed by atoms with Gasteiger partial charge in [0, 0.05) is 25.8 Å². The Bertz CT molecular complexity index is 331. The van der Waals surface area contributed by atoms with Crippen molar-refractivity contribution < 1.29 is 13.5 Å². The van der Waals surface area contributed by atoms with Gasteiger partial charge in [-0.2, -0.15) is 0 Å². The van der Waals surface area contributed by atoms with E-state index in [1.807, 2.05) is 0 Å². The van der Waals surface area contributed by atoms with Crippen LogP contribution in [0.5, 0.6) is 0 Å². The van der Waals surface area contributed by atoms with E-state index in [0.717, 1.165) is 0 Å². The minimum atomic E-state index is -0.631. The van der Waals surface area contributed by atoms with Crippen LogP contribution in [-0.4, -0.2) is 20.3 Å². The van der Waals surface area contributed by atoms with Crippen LogP contribution in [-0.2, 0) is 11.3 Å². The van der Waals surface area contributed by atoms with E-state index < -0.39 is 11.6 Å². The van der Waals surface area contributed by atoms with Crippen LogP contribution < -0.4 is 11.1 Å². The molecule has 1 aromatic carbocycles. The van der Waals surface area contributed by atoms with E-state index in [-0.39, 0.29) is 17.8 Å². The van der Waals surface area contributed by atoms with Gasteiger partial charge in [0.2, 0.25) is 0 Å². The van der Waals surface area contributed by atoms with Crippen LogP contribution in [0.15, 0.2) is 12.1 Å². The first-order valence-electron chi connectivity index (χ1n) is 4.60. The van der Waals surface area contributed by atoms with E-state index in [0.29, 0.717) is 13.2 Å². The number of methoxy groups -OCH3 is 1. The second kappa shape index (κ2) is 5.63. The van der Waals surface area contributed by atoms with Crippen LogP contribution in [0.25, 0.3) is 0 Å². The van der Waals surface area contributed by atoms with Crippen LogP contribution in [0, 0.1) is 11.6 Å². The maximum atomic E-state index is 13.5. The number of benzene rings is 1. The van der Waals surface area contributed by atoms with Crippen LogP contribution in [0.4, 0.5) is 14.5 Å². The number of ether oxygens (including phenoxy) is 1. The van der Waals surface area contributed by atoms with Gasteiger partial charge in [-0.3, -0.25) is 0 Å². The normalized spacial score (nSPS) is 10.4. The zero-order valence-electron chi connectivity index (χ0n) is 8.52. The molecule has 0 aliphatic heterocycles.